The van der Waals surface area contributed by atoms with Crippen LogP contribution in [0.25, 0.3) is 22.0 Å². The zero-order valence-electron chi connectivity index (χ0n) is 14.1. The van der Waals surface area contributed by atoms with Crippen LogP contribution in [0, 0.1) is 5.82 Å². The number of hydrogen-bond donors (Lipinski definition) is 0. The zero-order chi connectivity index (χ0) is 18.1. The molecular weight excluding hydrogens is 349 g/mol. The first-order valence-corrected chi connectivity index (χ1v) is 9.20. The predicted molar refractivity (Wildman–Crippen MR) is 102 cm³/mol. The van der Waals surface area contributed by atoms with E-state index < -0.39 is 16.8 Å². The molecule has 0 radical (unpaired) electrons. The molecule has 0 saturated heterocycles. The van der Waals surface area contributed by atoms with E-state index in [1.54, 1.807) is 23.2 Å². The normalized spacial score (nSPS) is 12.2. The number of halogens is 1. The number of rotatable bonds is 4. The van der Waals surface area contributed by atoms with Crippen molar-refractivity contribution in [3.8, 4) is 16.9 Å². The molecule has 0 spiro atoms. The number of benzene rings is 3. The molecule has 0 aliphatic rings. The fourth-order valence-electron chi connectivity index (χ4n) is 2.98. The van der Waals surface area contributed by atoms with Gasteiger partial charge in [-0.1, -0.05) is 36.4 Å². The van der Waals surface area contributed by atoms with Gasteiger partial charge >= 0.3 is 0 Å². The summed E-state index contributed by atoms with van der Waals surface area (Å²) in [4.78, 5) is 0.414. The van der Waals surface area contributed by atoms with E-state index in [-0.39, 0.29) is 0 Å². The molecule has 130 valence electrons. The Kier molecular flexibility index (Phi) is 4.31. The van der Waals surface area contributed by atoms with E-state index in [2.05, 4.69) is 0 Å². The highest BCUT2D eigenvalue weighted by molar-refractivity contribution is 7.83. The lowest BCUT2D eigenvalue weighted by Crippen LogP contribution is -2.03. The summed E-state index contributed by atoms with van der Waals surface area (Å²) in [5.41, 5.74) is 2.76. The maximum atomic E-state index is 13.6. The van der Waals surface area contributed by atoms with Crippen molar-refractivity contribution in [3.63, 3.8) is 0 Å². The van der Waals surface area contributed by atoms with Gasteiger partial charge in [-0.05, 0) is 42.0 Å². The standard InChI is InChI=1S/C21H16FNO2S/c1-25-17-10-11-21-19(13-17)20(15-6-3-2-4-7-15)14-23(21)26(24)18-9-5-8-16(22)12-18/h2-14H,1H3. The third-order valence-electron chi connectivity index (χ3n) is 4.24. The second-order valence-electron chi connectivity index (χ2n) is 5.82. The first kappa shape index (κ1) is 16.5. The highest BCUT2D eigenvalue weighted by Gasteiger charge is 2.16. The second-order valence-corrected chi connectivity index (χ2v) is 7.19. The van der Waals surface area contributed by atoms with Gasteiger partial charge in [0.15, 0.2) is 11.0 Å². The van der Waals surface area contributed by atoms with E-state index in [1.165, 1.54) is 12.1 Å². The molecule has 1 aromatic heterocycles. The molecule has 5 heteroatoms. The fraction of sp³-hybridized carbons (Fsp3) is 0.0476. The van der Waals surface area contributed by atoms with Gasteiger partial charge in [-0.15, -0.1) is 0 Å². The quantitative estimate of drug-likeness (QED) is 0.508. The van der Waals surface area contributed by atoms with Crippen LogP contribution < -0.4 is 4.74 Å². The van der Waals surface area contributed by atoms with Crippen molar-refractivity contribution in [2.45, 2.75) is 4.90 Å². The van der Waals surface area contributed by atoms with Gasteiger partial charge in [0.25, 0.3) is 0 Å². The summed E-state index contributed by atoms with van der Waals surface area (Å²) in [6.07, 6.45) is 1.85. The second kappa shape index (κ2) is 6.77. The van der Waals surface area contributed by atoms with Gasteiger partial charge in [0.1, 0.15) is 11.6 Å². The summed E-state index contributed by atoms with van der Waals surface area (Å²) < 4.78 is 33.7. The molecule has 0 aliphatic heterocycles. The molecule has 0 amide bonds. The Bertz CT molecular complexity index is 1110. The molecule has 0 fully saturated rings. The minimum Gasteiger partial charge on any atom is -0.497 e. The van der Waals surface area contributed by atoms with Crippen LogP contribution in [-0.4, -0.2) is 15.3 Å². The number of methoxy groups -OCH3 is 1. The van der Waals surface area contributed by atoms with E-state index >= 15 is 0 Å². The van der Waals surface area contributed by atoms with Gasteiger partial charge in [0.05, 0.1) is 17.5 Å². The number of hydrogen-bond acceptors (Lipinski definition) is 2. The largest absolute Gasteiger partial charge is 0.497 e. The molecule has 0 aliphatic carbocycles. The van der Waals surface area contributed by atoms with E-state index in [0.29, 0.717) is 4.90 Å². The Morgan fingerprint density at radius 1 is 0.962 bits per heavy atom. The number of nitrogens with zero attached hydrogens (tertiary/aromatic N) is 1. The van der Waals surface area contributed by atoms with Crippen molar-refractivity contribution < 1.29 is 13.3 Å². The minimum absolute atomic E-state index is 0.405. The van der Waals surface area contributed by atoms with Crippen LogP contribution >= 0.6 is 0 Å². The van der Waals surface area contributed by atoms with Gasteiger partial charge < -0.3 is 4.74 Å². The molecule has 4 aromatic rings. The minimum atomic E-state index is -1.56. The van der Waals surface area contributed by atoms with Crippen molar-refractivity contribution in [2.24, 2.45) is 0 Å². The summed E-state index contributed by atoms with van der Waals surface area (Å²) in [6, 6.07) is 21.4. The van der Waals surface area contributed by atoms with Gasteiger partial charge in [0, 0.05) is 17.1 Å². The van der Waals surface area contributed by atoms with Crippen LogP contribution in [0.2, 0.25) is 0 Å². The SMILES string of the molecule is COc1ccc2c(c1)c(-c1ccccc1)cn2S(=O)c1cccc(F)c1. The van der Waals surface area contributed by atoms with Crippen molar-refractivity contribution in [3.05, 3.63) is 84.8 Å². The lowest BCUT2D eigenvalue weighted by Gasteiger charge is -2.06. The van der Waals surface area contributed by atoms with Crippen molar-refractivity contribution in [2.75, 3.05) is 7.11 Å². The van der Waals surface area contributed by atoms with Gasteiger partial charge in [-0.3, -0.25) is 3.97 Å². The summed E-state index contributed by atoms with van der Waals surface area (Å²) in [5.74, 6) is 0.321. The van der Waals surface area contributed by atoms with Crippen molar-refractivity contribution in [1.82, 2.24) is 3.97 Å². The molecule has 0 saturated carbocycles. The molecule has 3 aromatic carbocycles. The maximum Gasteiger partial charge on any atom is 0.157 e. The number of ether oxygens (including phenoxy) is 1. The molecule has 1 unspecified atom stereocenters. The summed E-state index contributed by atoms with van der Waals surface area (Å²) >= 11 is 0. The summed E-state index contributed by atoms with van der Waals surface area (Å²) in [7, 11) is 0.0590. The van der Waals surface area contributed by atoms with E-state index in [4.69, 9.17) is 4.74 Å². The topological polar surface area (TPSA) is 31.2 Å². The molecule has 1 atom stereocenters. The molecule has 1 heterocycles. The number of aromatic nitrogens is 1. The highest BCUT2D eigenvalue weighted by atomic mass is 32.2. The molecule has 0 N–H and O–H groups in total. The predicted octanol–water partition coefficient (Wildman–Crippen LogP) is 5.03. The van der Waals surface area contributed by atoms with Gasteiger partial charge in [-0.25, -0.2) is 8.60 Å². The van der Waals surface area contributed by atoms with Crippen LogP contribution in [-0.2, 0) is 11.0 Å². The summed E-state index contributed by atoms with van der Waals surface area (Å²) in [5, 5.41) is 0.931. The Morgan fingerprint density at radius 2 is 1.77 bits per heavy atom. The Morgan fingerprint density at radius 3 is 2.50 bits per heavy atom. The summed E-state index contributed by atoms with van der Waals surface area (Å²) in [6.45, 7) is 0. The Hall–Kier alpha value is -2.92. The zero-order valence-corrected chi connectivity index (χ0v) is 14.9. The van der Waals surface area contributed by atoms with Gasteiger partial charge in [-0.2, -0.15) is 0 Å². The molecule has 26 heavy (non-hydrogen) atoms. The molecular formula is C21H16FNO2S. The first-order valence-electron chi connectivity index (χ1n) is 8.10. The molecule has 3 nitrogen and oxygen atoms in total. The van der Waals surface area contributed by atoms with Gasteiger partial charge in [0.2, 0.25) is 0 Å². The smallest absolute Gasteiger partial charge is 0.157 e. The van der Waals surface area contributed by atoms with Crippen molar-refractivity contribution in [1.29, 1.82) is 0 Å². The van der Waals surface area contributed by atoms with Crippen LogP contribution in [0.3, 0.4) is 0 Å². The fourth-order valence-corrected chi connectivity index (χ4v) is 4.16. The van der Waals surface area contributed by atoms with Crippen LogP contribution in [0.5, 0.6) is 5.75 Å². The Labute approximate surface area is 153 Å². The monoisotopic (exact) mass is 365 g/mol. The van der Waals surface area contributed by atoms with E-state index in [0.717, 1.165) is 27.8 Å². The Balaban J connectivity index is 1.94. The van der Waals surface area contributed by atoms with Crippen LogP contribution in [0.1, 0.15) is 0 Å². The van der Waals surface area contributed by atoms with E-state index in [9.17, 15) is 8.60 Å². The lowest BCUT2D eigenvalue weighted by molar-refractivity contribution is 0.415. The maximum absolute atomic E-state index is 13.6. The van der Waals surface area contributed by atoms with Crippen LogP contribution in [0.4, 0.5) is 4.39 Å². The van der Waals surface area contributed by atoms with Crippen molar-refractivity contribution >= 4 is 21.9 Å². The average molecular weight is 365 g/mol. The van der Waals surface area contributed by atoms with E-state index in [1.807, 2.05) is 54.7 Å². The third kappa shape index (κ3) is 2.91. The van der Waals surface area contributed by atoms with Crippen LogP contribution in [0.15, 0.2) is 83.9 Å². The highest BCUT2D eigenvalue weighted by Crippen LogP contribution is 2.34. The molecule has 4 rings (SSSR count). The third-order valence-corrected chi connectivity index (χ3v) is 5.56. The lowest BCUT2D eigenvalue weighted by atomic mass is 10.0. The average Bonchev–Trinajstić information content (AvgIpc) is 3.06. The first-order chi connectivity index (χ1) is 12.7. The molecule has 0 bridgehead atoms. The number of fused-ring (bicyclic) bond motifs is 1.